The largest absolute Gasteiger partial charge is 0.374 e. The maximum atomic E-state index is 10.5. The fraction of sp³-hybridized carbons (Fsp3) is 1.00. The van der Waals surface area contributed by atoms with Gasteiger partial charge in [0.1, 0.15) is 19.3 Å². The Labute approximate surface area is 77.8 Å². The van der Waals surface area contributed by atoms with Crippen molar-refractivity contribution in [2.75, 3.05) is 13.2 Å². The molecule has 0 radical (unpaired) electrons. The highest BCUT2D eigenvalue weighted by molar-refractivity contribution is 5.01. The quantitative estimate of drug-likeness (QED) is 0.245. The van der Waals surface area contributed by atoms with E-state index < -0.39 is 41.9 Å². The maximum Gasteiger partial charge on any atom is 0.374 e. The molecule has 2 aliphatic rings. The molecule has 2 aliphatic heterocycles. The Bertz CT molecular complexity index is 279. The van der Waals surface area contributed by atoms with Crippen molar-refractivity contribution in [3.05, 3.63) is 10.1 Å². The zero-order valence-corrected chi connectivity index (χ0v) is 6.99. The number of hydrogen-bond acceptors (Lipinski definition) is 7. The summed E-state index contributed by atoms with van der Waals surface area (Å²) in [5.74, 6) is -2.27. The van der Waals surface area contributed by atoms with Gasteiger partial charge in [-0.15, -0.1) is 0 Å². The summed E-state index contributed by atoms with van der Waals surface area (Å²) in [7, 11) is 0. The first-order valence-electron chi connectivity index (χ1n) is 3.93. The van der Waals surface area contributed by atoms with Crippen LogP contribution >= 0.6 is 0 Å². The molecule has 2 saturated heterocycles. The van der Waals surface area contributed by atoms with Gasteiger partial charge in [0.15, 0.2) is 6.10 Å². The normalized spacial score (nSPS) is 45.1. The summed E-state index contributed by atoms with van der Waals surface area (Å²) >= 11 is 0. The van der Waals surface area contributed by atoms with Crippen molar-refractivity contribution in [2.24, 2.45) is 0 Å². The van der Waals surface area contributed by atoms with E-state index in [1.807, 2.05) is 0 Å². The Morgan fingerprint density at radius 2 is 1.79 bits per heavy atom. The number of aliphatic hydroxyl groups is 3. The molecule has 2 heterocycles. The number of fused-ring (bicyclic) bond motifs is 1. The van der Waals surface area contributed by atoms with Gasteiger partial charge in [0, 0.05) is 0 Å². The van der Waals surface area contributed by atoms with Crippen LogP contribution in [0.25, 0.3) is 0 Å². The van der Waals surface area contributed by atoms with Crippen LogP contribution in [0.5, 0.6) is 0 Å². The molecule has 3 N–H and O–H groups in total. The molecule has 8 heteroatoms. The highest BCUT2D eigenvalue weighted by atomic mass is 16.7. The van der Waals surface area contributed by atoms with E-state index in [2.05, 4.69) is 0 Å². The van der Waals surface area contributed by atoms with E-state index in [0.717, 1.165) is 0 Å². The van der Waals surface area contributed by atoms with Crippen molar-refractivity contribution < 1.29 is 29.7 Å². The lowest BCUT2D eigenvalue weighted by molar-refractivity contribution is -0.631. The first kappa shape index (κ1) is 9.74. The van der Waals surface area contributed by atoms with Crippen LogP contribution < -0.4 is 0 Å². The molecule has 2 fully saturated rings. The van der Waals surface area contributed by atoms with Gasteiger partial charge in [0.2, 0.25) is 5.79 Å². The van der Waals surface area contributed by atoms with Crippen LogP contribution in [0.2, 0.25) is 0 Å². The zero-order valence-electron chi connectivity index (χ0n) is 6.99. The third kappa shape index (κ3) is 1.06. The number of nitro groups is 1. The Kier molecular flexibility index (Phi) is 1.82. The second-order valence-electron chi connectivity index (χ2n) is 3.48. The lowest BCUT2D eigenvalue weighted by Crippen LogP contribution is -2.51. The predicted octanol–water partition coefficient (Wildman–Crippen LogP) is -2.57. The van der Waals surface area contributed by atoms with Crippen LogP contribution in [0.15, 0.2) is 0 Å². The molecule has 8 nitrogen and oxygen atoms in total. The van der Waals surface area contributed by atoms with Crippen molar-refractivity contribution >= 4 is 0 Å². The summed E-state index contributed by atoms with van der Waals surface area (Å²) < 4.78 is 9.50. The zero-order chi connectivity index (χ0) is 10.6. The van der Waals surface area contributed by atoms with Gasteiger partial charge >= 0.3 is 5.72 Å². The highest BCUT2D eigenvalue weighted by Crippen LogP contribution is 2.38. The number of nitrogens with zero attached hydrogens (tertiary/aromatic N) is 1. The van der Waals surface area contributed by atoms with Gasteiger partial charge in [-0.3, -0.25) is 10.1 Å². The van der Waals surface area contributed by atoms with Gasteiger partial charge in [-0.25, -0.2) is 0 Å². The molecule has 0 aliphatic carbocycles. The summed E-state index contributed by atoms with van der Waals surface area (Å²) in [5.41, 5.74) is -2.39. The van der Waals surface area contributed by atoms with Gasteiger partial charge in [-0.05, 0) is 0 Å². The Balaban J connectivity index is 2.27. The molecule has 0 aromatic heterocycles. The first-order valence-corrected chi connectivity index (χ1v) is 3.93. The van der Waals surface area contributed by atoms with E-state index in [1.54, 1.807) is 0 Å². The van der Waals surface area contributed by atoms with E-state index in [9.17, 15) is 25.4 Å². The average molecular weight is 207 g/mol. The van der Waals surface area contributed by atoms with Crippen molar-refractivity contribution in [2.45, 2.75) is 23.7 Å². The molecule has 2 rings (SSSR count). The fourth-order valence-corrected chi connectivity index (χ4v) is 1.67. The predicted molar refractivity (Wildman–Crippen MR) is 38.6 cm³/mol. The summed E-state index contributed by atoms with van der Waals surface area (Å²) in [6.07, 6.45) is -2.62. The van der Waals surface area contributed by atoms with Gasteiger partial charge in [-0.2, -0.15) is 0 Å². The second-order valence-corrected chi connectivity index (χ2v) is 3.48. The Hall–Kier alpha value is -0.800. The molecule has 0 aromatic rings. The standard InChI is InChI=1S/C6H9NO7/c8-5(7(11)12)1-13-4-3(5)14-2-6(4,9)10/h3-4,8-10H,1-2H2/t3-,4-,5+/m0/s1. The van der Waals surface area contributed by atoms with Gasteiger partial charge < -0.3 is 24.8 Å². The number of ether oxygens (including phenoxy) is 2. The second kappa shape index (κ2) is 2.61. The fourth-order valence-electron chi connectivity index (χ4n) is 1.67. The lowest BCUT2D eigenvalue weighted by Gasteiger charge is -2.18. The van der Waals surface area contributed by atoms with Gasteiger partial charge in [0.05, 0.1) is 4.92 Å². The maximum absolute atomic E-state index is 10.5. The van der Waals surface area contributed by atoms with Crippen LogP contribution in [0.3, 0.4) is 0 Å². The molecule has 0 saturated carbocycles. The monoisotopic (exact) mass is 207 g/mol. The van der Waals surface area contributed by atoms with E-state index in [1.165, 1.54) is 0 Å². The molecule has 14 heavy (non-hydrogen) atoms. The van der Waals surface area contributed by atoms with Gasteiger partial charge in [0.25, 0.3) is 0 Å². The minimum Gasteiger partial charge on any atom is -0.362 e. The molecule has 0 amide bonds. The molecule has 3 atom stereocenters. The van der Waals surface area contributed by atoms with Crippen molar-refractivity contribution in [3.63, 3.8) is 0 Å². The van der Waals surface area contributed by atoms with Crippen LogP contribution in [0.1, 0.15) is 0 Å². The number of rotatable bonds is 1. The summed E-state index contributed by atoms with van der Waals surface area (Å²) in [5, 5.41) is 38.5. The van der Waals surface area contributed by atoms with Crippen molar-refractivity contribution in [1.29, 1.82) is 0 Å². The summed E-state index contributed by atoms with van der Waals surface area (Å²) in [6.45, 7) is -1.13. The third-order valence-corrected chi connectivity index (χ3v) is 2.45. The topological polar surface area (TPSA) is 122 Å². The average Bonchev–Trinajstić information content (AvgIpc) is 2.54. The minimum atomic E-state index is -2.39. The summed E-state index contributed by atoms with van der Waals surface area (Å²) in [6, 6.07) is 0. The van der Waals surface area contributed by atoms with E-state index in [-0.39, 0.29) is 0 Å². The highest BCUT2D eigenvalue weighted by Gasteiger charge is 2.68. The smallest absolute Gasteiger partial charge is 0.362 e. The SMILES string of the molecule is O=[N+]([O-])[C@@]1(O)CO[C@H]2[C@@H]1OCC2(O)O. The minimum absolute atomic E-state index is 0.515. The first-order chi connectivity index (χ1) is 6.38. The van der Waals surface area contributed by atoms with Crippen LogP contribution in [0.4, 0.5) is 0 Å². The van der Waals surface area contributed by atoms with Gasteiger partial charge in [-0.1, -0.05) is 0 Å². The molecule has 80 valence electrons. The van der Waals surface area contributed by atoms with Crippen molar-refractivity contribution in [3.8, 4) is 0 Å². The van der Waals surface area contributed by atoms with E-state index in [4.69, 9.17) is 9.47 Å². The lowest BCUT2D eigenvalue weighted by atomic mass is 10.0. The molecule has 0 bridgehead atoms. The number of hydrogen-bond donors (Lipinski definition) is 3. The Morgan fingerprint density at radius 1 is 1.21 bits per heavy atom. The molecule has 0 aromatic carbocycles. The van der Waals surface area contributed by atoms with Crippen LogP contribution in [-0.4, -0.2) is 57.2 Å². The molecular formula is C6H9NO7. The van der Waals surface area contributed by atoms with E-state index >= 15 is 0 Å². The third-order valence-electron chi connectivity index (χ3n) is 2.45. The van der Waals surface area contributed by atoms with Crippen LogP contribution in [0, 0.1) is 10.1 Å². The molecule has 0 spiro atoms. The van der Waals surface area contributed by atoms with E-state index in [0.29, 0.717) is 0 Å². The molecule has 0 unspecified atom stereocenters. The Morgan fingerprint density at radius 3 is 2.36 bits per heavy atom. The molecular weight excluding hydrogens is 198 g/mol. The van der Waals surface area contributed by atoms with Crippen LogP contribution in [-0.2, 0) is 9.47 Å². The van der Waals surface area contributed by atoms with Crippen molar-refractivity contribution in [1.82, 2.24) is 0 Å². The summed E-state index contributed by atoms with van der Waals surface area (Å²) in [4.78, 5) is 9.56.